The smallest absolute Gasteiger partial charge is 0.329 e. The third-order valence-corrected chi connectivity index (χ3v) is 2.24. The standard InChI is InChI=1S/C10H17N5O2/c1-7(2)4-3-5-12-9-8(15(16)17)6-13-10(11)14-9/h6-7H,3-5H2,1-2H3,(H3,11,12,13,14). The molecule has 3 N–H and O–H groups in total. The van der Waals surface area contributed by atoms with Crippen LogP contribution in [0.1, 0.15) is 26.7 Å². The molecule has 1 aromatic heterocycles. The van der Waals surface area contributed by atoms with Crippen molar-refractivity contribution in [1.29, 1.82) is 0 Å². The lowest BCUT2D eigenvalue weighted by atomic mass is 10.1. The van der Waals surface area contributed by atoms with Gasteiger partial charge in [0.25, 0.3) is 0 Å². The number of nitro groups is 1. The SMILES string of the molecule is CC(C)CCCNc1nc(N)ncc1[N+](=O)[O-]. The minimum absolute atomic E-state index is 0.0296. The van der Waals surface area contributed by atoms with E-state index in [9.17, 15) is 10.1 Å². The molecule has 0 aliphatic carbocycles. The van der Waals surface area contributed by atoms with Crippen LogP contribution in [-0.4, -0.2) is 21.4 Å². The van der Waals surface area contributed by atoms with Gasteiger partial charge in [0, 0.05) is 6.54 Å². The van der Waals surface area contributed by atoms with Gasteiger partial charge in [-0.3, -0.25) is 10.1 Å². The first-order valence-corrected chi connectivity index (χ1v) is 5.51. The van der Waals surface area contributed by atoms with Gasteiger partial charge in [0.15, 0.2) is 0 Å². The van der Waals surface area contributed by atoms with Gasteiger partial charge in [0.2, 0.25) is 11.8 Å². The topological polar surface area (TPSA) is 107 Å². The van der Waals surface area contributed by atoms with Gasteiger partial charge in [-0.2, -0.15) is 4.98 Å². The third kappa shape index (κ3) is 4.21. The first-order chi connectivity index (χ1) is 8.00. The number of hydrogen-bond donors (Lipinski definition) is 2. The molecule has 0 amide bonds. The molecular weight excluding hydrogens is 222 g/mol. The van der Waals surface area contributed by atoms with Gasteiger partial charge < -0.3 is 11.1 Å². The van der Waals surface area contributed by atoms with Crippen molar-refractivity contribution in [1.82, 2.24) is 9.97 Å². The van der Waals surface area contributed by atoms with Gasteiger partial charge in [-0.15, -0.1) is 0 Å². The summed E-state index contributed by atoms with van der Waals surface area (Å²) in [6.45, 7) is 4.89. The lowest BCUT2D eigenvalue weighted by Crippen LogP contribution is -2.09. The van der Waals surface area contributed by atoms with Crippen molar-refractivity contribution in [3.8, 4) is 0 Å². The highest BCUT2D eigenvalue weighted by Gasteiger charge is 2.15. The number of aromatic nitrogens is 2. The van der Waals surface area contributed by atoms with E-state index in [4.69, 9.17) is 5.73 Å². The van der Waals surface area contributed by atoms with E-state index in [0.717, 1.165) is 19.0 Å². The van der Waals surface area contributed by atoms with Crippen molar-refractivity contribution in [3.63, 3.8) is 0 Å². The van der Waals surface area contributed by atoms with Crippen LogP contribution < -0.4 is 11.1 Å². The summed E-state index contributed by atoms with van der Waals surface area (Å²) in [4.78, 5) is 17.6. The zero-order valence-electron chi connectivity index (χ0n) is 10.0. The molecule has 0 saturated carbocycles. The molecular formula is C10H17N5O2. The Labute approximate surface area is 99.6 Å². The summed E-state index contributed by atoms with van der Waals surface area (Å²) in [7, 11) is 0. The van der Waals surface area contributed by atoms with E-state index in [2.05, 4.69) is 29.1 Å². The number of hydrogen-bond acceptors (Lipinski definition) is 6. The Morgan fingerprint density at radius 3 is 2.88 bits per heavy atom. The van der Waals surface area contributed by atoms with Crippen molar-refractivity contribution in [3.05, 3.63) is 16.3 Å². The van der Waals surface area contributed by atoms with Crippen molar-refractivity contribution in [2.24, 2.45) is 5.92 Å². The van der Waals surface area contributed by atoms with Crippen LogP contribution in [0.5, 0.6) is 0 Å². The lowest BCUT2D eigenvalue weighted by molar-refractivity contribution is -0.384. The Morgan fingerprint density at radius 2 is 2.29 bits per heavy atom. The molecule has 1 aromatic rings. The molecule has 0 aliphatic rings. The summed E-state index contributed by atoms with van der Waals surface area (Å²) in [5, 5.41) is 13.6. The monoisotopic (exact) mass is 239 g/mol. The van der Waals surface area contributed by atoms with Crippen LogP contribution in [0.15, 0.2) is 6.20 Å². The minimum atomic E-state index is -0.524. The second-order valence-electron chi connectivity index (χ2n) is 4.18. The van der Waals surface area contributed by atoms with Crippen molar-refractivity contribution in [2.75, 3.05) is 17.6 Å². The number of rotatable bonds is 6. The van der Waals surface area contributed by atoms with Crippen molar-refractivity contribution >= 4 is 17.5 Å². The lowest BCUT2D eigenvalue weighted by Gasteiger charge is -2.07. The fourth-order valence-corrected chi connectivity index (χ4v) is 1.37. The predicted octanol–water partition coefficient (Wildman–Crippen LogP) is 1.82. The number of nitrogens with two attached hydrogens (primary N) is 1. The van der Waals surface area contributed by atoms with Gasteiger partial charge in [0.1, 0.15) is 6.20 Å². The highest BCUT2D eigenvalue weighted by molar-refractivity contribution is 5.56. The summed E-state index contributed by atoms with van der Waals surface area (Å²) < 4.78 is 0. The number of nitrogens with zero attached hydrogens (tertiary/aromatic N) is 3. The first kappa shape index (κ1) is 13.1. The fourth-order valence-electron chi connectivity index (χ4n) is 1.37. The zero-order chi connectivity index (χ0) is 12.8. The summed E-state index contributed by atoms with van der Waals surface area (Å²) in [6.07, 6.45) is 3.10. The quantitative estimate of drug-likeness (QED) is 0.445. The van der Waals surface area contributed by atoms with Crippen LogP contribution in [0.4, 0.5) is 17.5 Å². The minimum Gasteiger partial charge on any atom is -0.368 e. The van der Waals surface area contributed by atoms with E-state index in [0.29, 0.717) is 12.5 Å². The van der Waals surface area contributed by atoms with Crippen LogP contribution in [0.25, 0.3) is 0 Å². The summed E-state index contributed by atoms with van der Waals surface area (Å²) >= 11 is 0. The molecule has 1 rings (SSSR count). The molecule has 7 nitrogen and oxygen atoms in total. The zero-order valence-corrected chi connectivity index (χ0v) is 10.0. The fraction of sp³-hybridized carbons (Fsp3) is 0.600. The van der Waals surface area contributed by atoms with Crippen molar-refractivity contribution in [2.45, 2.75) is 26.7 Å². The molecule has 0 bridgehead atoms. The molecule has 0 aromatic carbocycles. The molecule has 94 valence electrons. The summed E-state index contributed by atoms with van der Waals surface area (Å²) in [5.41, 5.74) is 5.25. The van der Waals surface area contributed by atoms with Crippen LogP contribution in [0, 0.1) is 16.0 Å². The Balaban J connectivity index is 2.62. The number of nitrogens with one attached hydrogen (secondary N) is 1. The second-order valence-corrected chi connectivity index (χ2v) is 4.18. The largest absolute Gasteiger partial charge is 0.368 e. The molecule has 0 radical (unpaired) electrons. The number of anilines is 2. The van der Waals surface area contributed by atoms with E-state index in [1.165, 1.54) is 0 Å². The van der Waals surface area contributed by atoms with E-state index in [1.54, 1.807) is 0 Å². The molecule has 17 heavy (non-hydrogen) atoms. The van der Waals surface area contributed by atoms with Crippen LogP contribution in [-0.2, 0) is 0 Å². The Hall–Kier alpha value is -1.92. The second kappa shape index (κ2) is 5.97. The van der Waals surface area contributed by atoms with E-state index in [1.807, 2.05) is 0 Å². The maximum absolute atomic E-state index is 10.7. The van der Waals surface area contributed by atoms with E-state index >= 15 is 0 Å². The molecule has 1 heterocycles. The van der Waals surface area contributed by atoms with Gasteiger partial charge in [-0.1, -0.05) is 13.8 Å². The normalized spacial score (nSPS) is 10.5. The molecule has 0 fully saturated rings. The first-order valence-electron chi connectivity index (χ1n) is 5.51. The molecule has 0 atom stereocenters. The van der Waals surface area contributed by atoms with Crippen LogP contribution >= 0.6 is 0 Å². The Morgan fingerprint density at radius 1 is 1.59 bits per heavy atom. The van der Waals surface area contributed by atoms with Crippen molar-refractivity contribution < 1.29 is 4.92 Å². The van der Waals surface area contributed by atoms with Crippen LogP contribution in [0.3, 0.4) is 0 Å². The third-order valence-electron chi connectivity index (χ3n) is 2.24. The number of nitrogen functional groups attached to an aromatic ring is 1. The highest BCUT2D eigenvalue weighted by Crippen LogP contribution is 2.21. The predicted molar refractivity (Wildman–Crippen MR) is 65.7 cm³/mol. The molecule has 0 aliphatic heterocycles. The maximum atomic E-state index is 10.7. The Kier molecular flexibility index (Phi) is 4.62. The van der Waals surface area contributed by atoms with Gasteiger partial charge in [0.05, 0.1) is 4.92 Å². The maximum Gasteiger partial charge on any atom is 0.329 e. The summed E-state index contributed by atoms with van der Waals surface area (Å²) in [6, 6.07) is 0. The summed E-state index contributed by atoms with van der Waals surface area (Å²) in [5.74, 6) is 0.829. The average molecular weight is 239 g/mol. The van der Waals surface area contributed by atoms with Gasteiger partial charge >= 0.3 is 5.69 Å². The molecule has 0 unspecified atom stereocenters. The van der Waals surface area contributed by atoms with E-state index in [-0.39, 0.29) is 17.5 Å². The molecule has 0 saturated heterocycles. The molecule has 0 spiro atoms. The van der Waals surface area contributed by atoms with Crippen LogP contribution in [0.2, 0.25) is 0 Å². The van der Waals surface area contributed by atoms with E-state index < -0.39 is 4.92 Å². The Bertz CT molecular complexity index is 394. The average Bonchev–Trinajstić information content (AvgIpc) is 2.23. The van der Waals surface area contributed by atoms with Gasteiger partial charge in [-0.25, -0.2) is 4.98 Å². The highest BCUT2D eigenvalue weighted by atomic mass is 16.6. The molecule has 7 heteroatoms. The van der Waals surface area contributed by atoms with Gasteiger partial charge in [-0.05, 0) is 18.8 Å².